The number of nitrogens with one attached hydrogen (secondary N) is 1. The van der Waals surface area contributed by atoms with Gasteiger partial charge in [0.15, 0.2) is 5.78 Å². The number of carbonyl (C=O) groups is 3. The molecule has 2 fully saturated rings. The first-order chi connectivity index (χ1) is 13.3. The van der Waals surface area contributed by atoms with Crippen molar-refractivity contribution < 1.29 is 18.8 Å². The Bertz CT molecular complexity index is 775. The molecular weight excluding hydrogens is 363 g/mol. The lowest BCUT2D eigenvalue weighted by atomic mass is 10.0. The zero-order valence-corrected chi connectivity index (χ0v) is 16.6. The number of rotatable bonds is 6. The van der Waals surface area contributed by atoms with Gasteiger partial charge in [-0.3, -0.25) is 14.5 Å². The van der Waals surface area contributed by atoms with Crippen LogP contribution in [0.2, 0.25) is 0 Å². The van der Waals surface area contributed by atoms with Gasteiger partial charge in [0.1, 0.15) is 11.9 Å². The number of ketones is 1. The number of carbonyl (C=O) groups excluding carboxylic acids is 3. The highest BCUT2D eigenvalue weighted by Crippen LogP contribution is 2.23. The Balaban J connectivity index is 1.57. The molecule has 1 aromatic carbocycles. The average Bonchev–Trinajstić information content (AvgIpc) is 2.89. The molecule has 2 saturated heterocycles. The minimum Gasteiger partial charge on any atom is -0.367 e. The fourth-order valence-corrected chi connectivity index (χ4v) is 3.65. The number of nitrogens with zero attached hydrogens (tertiary/aromatic N) is 3. The normalized spacial score (nSPS) is 20.8. The van der Waals surface area contributed by atoms with Gasteiger partial charge < -0.3 is 10.2 Å². The molecule has 1 aromatic rings. The summed E-state index contributed by atoms with van der Waals surface area (Å²) in [5.74, 6) is -0.430. The van der Waals surface area contributed by atoms with E-state index in [1.807, 2.05) is 23.6 Å². The van der Waals surface area contributed by atoms with Crippen molar-refractivity contribution in [2.45, 2.75) is 33.2 Å². The Morgan fingerprint density at radius 3 is 2.46 bits per heavy atom. The van der Waals surface area contributed by atoms with E-state index in [9.17, 15) is 18.8 Å². The predicted octanol–water partition coefficient (Wildman–Crippen LogP) is 2.07. The SMILES string of the molecule is CC(=O)c1ccc(N2CCN(CN3C(=O)N[C@H](CC(C)C)C3=O)CC2)c(F)c1. The number of hydrogen-bond donors (Lipinski definition) is 1. The van der Waals surface area contributed by atoms with E-state index in [1.54, 1.807) is 12.1 Å². The lowest BCUT2D eigenvalue weighted by molar-refractivity contribution is -0.129. The van der Waals surface area contributed by atoms with E-state index in [4.69, 9.17) is 0 Å². The first-order valence-corrected chi connectivity index (χ1v) is 9.66. The summed E-state index contributed by atoms with van der Waals surface area (Å²) in [5.41, 5.74) is 0.825. The summed E-state index contributed by atoms with van der Waals surface area (Å²) in [4.78, 5) is 41.2. The Kier molecular flexibility index (Phi) is 5.98. The highest BCUT2D eigenvalue weighted by Gasteiger charge is 2.39. The number of Topliss-reactive ketones (excluding diaryl/α,β-unsaturated/α-hetero) is 1. The van der Waals surface area contributed by atoms with Crippen LogP contribution in [0.1, 0.15) is 37.6 Å². The van der Waals surface area contributed by atoms with Crippen molar-refractivity contribution in [2.24, 2.45) is 5.92 Å². The third kappa shape index (κ3) is 4.32. The van der Waals surface area contributed by atoms with Crippen molar-refractivity contribution in [1.29, 1.82) is 0 Å². The monoisotopic (exact) mass is 390 g/mol. The van der Waals surface area contributed by atoms with Gasteiger partial charge in [0, 0.05) is 31.7 Å². The molecule has 2 aliphatic heterocycles. The zero-order valence-electron chi connectivity index (χ0n) is 16.6. The van der Waals surface area contributed by atoms with Gasteiger partial charge >= 0.3 is 6.03 Å². The third-order valence-electron chi connectivity index (χ3n) is 5.22. The minimum absolute atomic E-state index is 0.167. The molecule has 7 nitrogen and oxygen atoms in total. The summed E-state index contributed by atoms with van der Waals surface area (Å²) >= 11 is 0. The molecule has 0 unspecified atom stereocenters. The quantitative estimate of drug-likeness (QED) is 0.595. The Morgan fingerprint density at radius 2 is 1.89 bits per heavy atom. The molecule has 152 valence electrons. The van der Waals surface area contributed by atoms with E-state index in [0.29, 0.717) is 49.8 Å². The Labute approximate surface area is 164 Å². The second-order valence-corrected chi connectivity index (χ2v) is 7.87. The molecule has 0 aliphatic carbocycles. The number of amides is 3. The van der Waals surface area contributed by atoms with Crippen LogP contribution in [0.5, 0.6) is 0 Å². The van der Waals surface area contributed by atoms with Gasteiger partial charge in [0.25, 0.3) is 5.91 Å². The molecule has 1 N–H and O–H groups in total. The topological polar surface area (TPSA) is 73.0 Å². The van der Waals surface area contributed by atoms with E-state index in [1.165, 1.54) is 17.9 Å². The fraction of sp³-hybridized carbons (Fsp3) is 0.550. The molecule has 3 amide bonds. The summed E-state index contributed by atoms with van der Waals surface area (Å²) in [6, 6.07) is 3.75. The van der Waals surface area contributed by atoms with Crippen molar-refractivity contribution in [2.75, 3.05) is 37.7 Å². The lowest BCUT2D eigenvalue weighted by Crippen LogP contribution is -2.51. The second-order valence-electron chi connectivity index (χ2n) is 7.87. The molecule has 8 heteroatoms. The van der Waals surface area contributed by atoms with Crippen LogP contribution in [0.25, 0.3) is 0 Å². The van der Waals surface area contributed by atoms with E-state index in [2.05, 4.69) is 5.32 Å². The van der Waals surface area contributed by atoms with Crippen LogP contribution in [0.3, 0.4) is 0 Å². The molecule has 2 aliphatic rings. The third-order valence-corrected chi connectivity index (χ3v) is 5.22. The predicted molar refractivity (Wildman–Crippen MR) is 104 cm³/mol. The van der Waals surface area contributed by atoms with Crippen LogP contribution >= 0.6 is 0 Å². The largest absolute Gasteiger partial charge is 0.367 e. The molecule has 0 bridgehead atoms. The maximum atomic E-state index is 14.4. The summed E-state index contributed by atoms with van der Waals surface area (Å²) < 4.78 is 14.4. The molecule has 1 atom stereocenters. The number of piperazine rings is 1. The smallest absolute Gasteiger partial charge is 0.325 e. The summed E-state index contributed by atoms with van der Waals surface area (Å²) in [5, 5.41) is 2.75. The van der Waals surface area contributed by atoms with Crippen molar-refractivity contribution >= 4 is 23.4 Å². The van der Waals surface area contributed by atoms with E-state index in [0.717, 1.165) is 0 Å². The number of imide groups is 1. The lowest BCUT2D eigenvalue weighted by Gasteiger charge is -2.37. The zero-order chi connectivity index (χ0) is 20.4. The van der Waals surface area contributed by atoms with Crippen molar-refractivity contribution in [1.82, 2.24) is 15.1 Å². The standard InChI is InChI=1S/C20H27FN4O3/c1-13(2)10-17-19(27)25(20(28)22-17)12-23-6-8-24(9-7-23)18-5-4-15(14(3)26)11-16(18)21/h4-5,11,13,17H,6-10,12H2,1-3H3,(H,22,28)/t17-/m1/s1. The summed E-state index contributed by atoms with van der Waals surface area (Å²) in [6.07, 6.45) is 0.629. The average molecular weight is 390 g/mol. The van der Waals surface area contributed by atoms with Crippen molar-refractivity contribution in [3.8, 4) is 0 Å². The van der Waals surface area contributed by atoms with Crippen molar-refractivity contribution in [3.63, 3.8) is 0 Å². The van der Waals surface area contributed by atoms with Crippen LogP contribution in [-0.2, 0) is 4.79 Å². The number of hydrogen-bond acceptors (Lipinski definition) is 5. The van der Waals surface area contributed by atoms with Gasteiger partial charge in [0.2, 0.25) is 0 Å². The summed E-state index contributed by atoms with van der Waals surface area (Å²) in [7, 11) is 0. The number of halogens is 1. The maximum Gasteiger partial charge on any atom is 0.325 e. The number of urea groups is 1. The van der Waals surface area contributed by atoms with Gasteiger partial charge in [-0.2, -0.15) is 0 Å². The number of anilines is 1. The summed E-state index contributed by atoms with van der Waals surface area (Å²) in [6.45, 7) is 8.07. The molecule has 0 spiro atoms. The minimum atomic E-state index is -0.442. The molecule has 3 rings (SSSR count). The Hall–Kier alpha value is -2.48. The molecule has 2 heterocycles. The van der Waals surface area contributed by atoms with E-state index >= 15 is 0 Å². The van der Waals surface area contributed by atoms with Gasteiger partial charge in [-0.05, 0) is 37.5 Å². The molecule has 0 aromatic heterocycles. The van der Waals surface area contributed by atoms with Crippen LogP contribution in [0, 0.1) is 11.7 Å². The molecule has 28 heavy (non-hydrogen) atoms. The molecule has 0 saturated carbocycles. The number of benzene rings is 1. The van der Waals surface area contributed by atoms with Crippen LogP contribution in [0.15, 0.2) is 18.2 Å². The highest BCUT2D eigenvalue weighted by atomic mass is 19.1. The Morgan fingerprint density at radius 1 is 1.21 bits per heavy atom. The van der Waals surface area contributed by atoms with Crippen molar-refractivity contribution in [3.05, 3.63) is 29.6 Å². The first kappa shape index (κ1) is 20.3. The maximum absolute atomic E-state index is 14.4. The van der Waals surface area contributed by atoms with E-state index < -0.39 is 11.9 Å². The molecule has 0 radical (unpaired) electrons. The van der Waals surface area contributed by atoms with Crippen LogP contribution < -0.4 is 10.2 Å². The second kappa shape index (κ2) is 8.26. The van der Waals surface area contributed by atoms with Crippen LogP contribution in [-0.4, -0.2) is 66.4 Å². The van der Waals surface area contributed by atoms with Gasteiger partial charge in [-0.15, -0.1) is 0 Å². The first-order valence-electron chi connectivity index (χ1n) is 9.66. The van der Waals surface area contributed by atoms with E-state index in [-0.39, 0.29) is 24.4 Å². The highest BCUT2D eigenvalue weighted by molar-refractivity contribution is 6.04. The van der Waals surface area contributed by atoms with Crippen LogP contribution in [0.4, 0.5) is 14.9 Å². The fourth-order valence-electron chi connectivity index (χ4n) is 3.65. The van der Waals surface area contributed by atoms with Gasteiger partial charge in [0.05, 0.1) is 12.4 Å². The molecular formula is C20H27FN4O3. The van der Waals surface area contributed by atoms with Gasteiger partial charge in [-0.1, -0.05) is 13.8 Å². The van der Waals surface area contributed by atoms with Gasteiger partial charge in [-0.25, -0.2) is 14.1 Å².